The van der Waals surface area contributed by atoms with Crippen LogP contribution in [0.5, 0.6) is 0 Å². The number of carbonyl (C=O) groups excluding carboxylic acids is 1. The van der Waals surface area contributed by atoms with Gasteiger partial charge in [0.2, 0.25) is 0 Å². The average molecular weight is 282 g/mol. The summed E-state index contributed by atoms with van der Waals surface area (Å²) in [5, 5.41) is 14.2. The molecule has 0 bridgehead atoms. The lowest BCUT2D eigenvalue weighted by Gasteiger charge is -2.11. The molecule has 0 radical (unpaired) electrons. The molecule has 0 saturated heterocycles. The van der Waals surface area contributed by atoms with Gasteiger partial charge in [-0.1, -0.05) is 29.8 Å². The van der Waals surface area contributed by atoms with E-state index in [4.69, 9.17) is 5.11 Å². The van der Waals surface area contributed by atoms with E-state index in [0.717, 1.165) is 11.5 Å². The van der Waals surface area contributed by atoms with E-state index >= 15 is 0 Å². The molecule has 0 aliphatic heterocycles. The van der Waals surface area contributed by atoms with Crippen LogP contribution < -0.4 is 10.6 Å². The molecule has 1 unspecified atom stereocenters. The number of urea groups is 1. The van der Waals surface area contributed by atoms with Crippen molar-refractivity contribution in [2.75, 3.05) is 18.9 Å². The normalized spacial score (nSPS) is 11.9. The number of carbonyl (C=O) groups is 1. The van der Waals surface area contributed by atoms with E-state index in [9.17, 15) is 4.79 Å². The molecular formula is C14H22N2O2S. The summed E-state index contributed by atoms with van der Waals surface area (Å²) in [6.45, 7) is 4.41. The minimum Gasteiger partial charge on any atom is -0.394 e. The highest BCUT2D eigenvalue weighted by molar-refractivity contribution is 7.98. The highest BCUT2D eigenvalue weighted by Crippen LogP contribution is 2.12. The summed E-state index contributed by atoms with van der Waals surface area (Å²) in [6.07, 6.45) is 0. The molecule has 1 aromatic carbocycles. The quantitative estimate of drug-likeness (QED) is 0.670. The molecular weight excluding hydrogens is 260 g/mol. The van der Waals surface area contributed by atoms with Crippen molar-refractivity contribution in [3.05, 3.63) is 35.4 Å². The van der Waals surface area contributed by atoms with Gasteiger partial charge in [0.25, 0.3) is 0 Å². The highest BCUT2D eigenvalue weighted by atomic mass is 32.2. The number of hydrogen-bond acceptors (Lipinski definition) is 3. The summed E-state index contributed by atoms with van der Waals surface area (Å²) in [5.41, 5.74) is 2.57. The Balaban J connectivity index is 2.08. The van der Waals surface area contributed by atoms with Gasteiger partial charge in [-0.25, -0.2) is 4.79 Å². The first-order valence-electron chi connectivity index (χ1n) is 6.40. The third-order valence-corrected chi connectivity index (χ3v) is 3.60. The number of amides is 2. The van der Waals surface area contributed by atoms with Crippen molar-refractivity contribution in [2.45, 2.75) is 25.6 Å². The second-order valence-electron chi connectivity index (χ2n) is 4.52. The molecule has 1 aromatic rings. The highest BCUT2D eigenvalue weighted by Gasteiger charge is 2.04. The Labute approximate surface area is 119 Å². The second kappa shape index (κ2) is 8.82. The van der Waals surface area contributed by atoms with Crippen LogP contribution in [0.25, 0.3) is 0 Å². The number of aliphatic hydroxyl groups excluding tert-OH is 1. The zero-order chi connectivity index (χ0) is 14.1. The molecule has 0 heterocycles. The summed E-state index contributed by atoms with van der Waals surface area (Å²) in [4.78, 5) is 11.3. The van der Waals surface area contributed by atoms with Gasteiger partial charge in [0.05, 0.1) is 12.6 Å². The molecule has 0 aliphatic carbocycles. The number of rotatable bonds is 7. The zero-order valence-electron chi connectivity index (χ0n) is 11.5. The van der Waals surface area contributed by atoms with Crippen molar-refractivity contribution in [1.82, 2.24) is 10.6 Å². The molecule has 5 heteroatoms. The number of hydrogen-bond donors (Lipinski definition) is 3. The van der Waals surface area contributed by atoms with Crippen molar-refractivity contribution in [1.29, 1.82) is 0 Å². The number of benzene rings is 1. The van der Waals surface area contributed by atoms with Crippen LogP contribution >= 0.6 is 11.8 Å². The molecule has 1 rings (SSSR count). The van der Waals surface area contributed by atoms with Crippen molar-refractivity contribution in [3.8, 4) is 0 Å². The Morgan fingerprint density at radius 2 is 2.05 bits per heavy atom. The molecule has 0 saturated carbocycles. The third kappa shape index (κ3) is 7.08. The van der Waals surface area contributed by atoms with Crippen LogP contribution in [0.2, 0.25) is 0 Å². The Morgan fingerprint density at radius 1 is 1.37 bits per heavy atom. The van der Waals surface area contributed by atoms with E-state index in [0.29, 0.717) is 6.54 Å². The van der Waals surface area contributed by atoms with Gasteiger partial charge >= 0.3 is 6.03 Å². The Bertz CT molecular complexity index is 382. The van der Waals surface area contributed by atoms with Crippen LogP contribution in [0.3, 0.4) is 0 Å². The summed E-state index contributed by atoms with van der Waals surface area (Å²) in [7, 11) is 0. The van der Waals surface area contributed by atoms with E-state index < -0.39 is 0 Å². The standard InChI is InChI=1S/C14H22N2O2S/c1-11-3-5-13(6-4-11)10-19-8-7-15-14(18)16-12(2)9-17/h3-6,12,17H,7-10H2,1-2H3,(H2,15,16,18). The Hall–Kier alpha value is -1.20. The van der Waals surface area contributed by atoms with Crippen LogP contribution in [0.1, 0.15) is 18.1 Å². The van der Waals surface area contributed by atoms with Crippen LogP contribution in [0, 0.1) is 6.92 Å². The maximum absolute atomic E-state index is 11.3. The topological polar surface area (TPSA) is 61.4 Å². The summed E-state index contributed by atoms with van der Waals surface area (Å²) in [6, 6.07) is 8.05. The molecule has 1 atom stereocenters. The van der Waals surface area contributed by atoms with Gasteiger partial charge in [0, 0.05) is 18.1 Å². The predicted octanol–water partition coefficient (Wildman–Crippen LogP) is 1.91. The maximum Gasteiger partial charge on any atom is 0.315 e. The molecule has 19 heavy (non-hydrogen) atoms. The van der Waals surface area contributed by atoms with Gasteiger partial charge in [-0.3, -0.25) is 0 Å². The van der Waals surface area contributed by atoms with Crippen LogP contribution in [0.4, 0.5) is 4.79 Å². The Kier molecular flexibility index (Phi) is 7.36. The van der Waals surface area contributed by atoms with E-state index in [1.807, 2.05) is 0 Å². The van der Waals surface area contributed by atoms with Gasteiger partial charge in [0.1, 0.15) is 0 Å². The van der Waals surface area contributed by atoms with Crippen LogP contribution in [-0.2, 0) is 5.75 Å². The lowest BCUT2D eigenvalue weighted by Crippen LogP contribution is -2.42. The first-order valence-corrected chi connectivity index (χ1v) is 7.56. The van der Waals surface area contributed by atoms with Crippen LogP contribution in [0.15, 0.2) is 24.3 Å². The van der Waals surface area contributed by atoms with Gasteiger partial charge < -0.3 is 15.7 Å². The fourth-order valence-corrected chi connectivity index (χ4v) is 2.25. The number of nitrogens with one attached hydrogen (secondary N) is 2. The number of aryl methyl sites for hydroxylation is 1. The van der Waals surface area contributed by atoms with Gasteiger partial charge in [0.15, 0.2) is 0 Å². The maximum atomic E-state index is 11.3. The number of aliphatic hydroxyl groups is 1. The summed E-state index contributed by atoms with van der Waals surface area (Å²) < 4.78 is 0. The zero-order valence-corrected chi connectivity index (χ0v) is 12.3. The molecule has 0 aliphatic rings. The van der Waals surface area contributed by atoms with Crippen molar-refractivity contribution in [3.63, 3.8) is 0 Å². The van der Waals surface area contributed by atoms with Gasteiger partial charge in [-0.2, -0.15) is 11.8 Å². The largest absolute Gasteiger partial charge is 0.394 e. The van der Waals surface area contributed by atoms with Crippen molar-refractivity contribution in [2.24, 2.45) is 0 Å². The molecule has 2 amide bonds. The van der Waals surface area contributed by atoms with E-state index in [1.165, 1.54) is 11.1 Å². The van der Waals surface area contributed by atoms with E-state index in [2.05, 4.69) is 41.8 Å². The molecule has 0 fully saturated rings. The third-order valence-electron chi connectivity index (χ3n) is 2.57. The summed E-state index contributed by atoms with van der Waals surface area (Å²) in [5.74, 6) is 1.82. The Morgan fingerprint density at radius 3 is 2.68 bits per heavy atom. The molecule has 0 spiro atoms. The fraction of sp³-hybridized carbons (Fsp3) is 0.500. The minimum absolute atomic E-state index is 0.0460. The molecule has 4 nitrogen and oxygen atoms in total. The van der Waals surface area contributed by atoms with E-state index in [-0.39, 0.29) is 18.7 Å². The monoisotopic (exact) mass is 282 g/mol. The van der Waals surface area contributed by atoms with E-state index in [1.54, 1.807) is 18.7 Å². The predicted molar refractivity (Wildman–Crippen MR) is 80.4 cm³/mol. The smallest absolute Gasteiger partial charge is 0.315 e. The van der Waals surface area contributed by atoms with Gasteiger partial charge in [-0.05, 0) is 19.4 Å². The SMILES string of the molecule is Cc1ccc(CSCCNC(=O)NC(C)CO)cc1. The molecule has 0 aromatic heterocycles. The lowest BCUT2D eigenvalue weighted by molar-refractivity contribution is 0.221. The van der Waals surface area contributed by atoms with Gasteiger partial charge in [-0.15, -0.1) is 0 Å². The minimum atomic E-state index is -0.225. The summed E-state index contributed by atoms with van der Waals surface area (Å²) >= 11 is 1.79. The van der Waals surface area contributed by atoms with Crippen molar-refractivity contribution >= 4 is 17.8 Å². The van der Waals surface area contributed by atoms with Crippen molar-refractivity contribution < 1.29 is 9.90 Å². The second-order valence-corrected chi connectivity index (χ2v) is 5.63. The number of thioether (sulfide) groups is 1. The molecule has 3 N–H and O–H groups in total. The lowest BCUT2D eigenvalue weighted by atomic mass is 10.2. The molecule has 106 valence electrons. The fourth-order valence-electron chi connectivity index (χ4n) is 1.43. The first-order chi connectivity index (χ1) is 9.11. The van der Waals surface area contributed by atoms with Crippen LogP contribution in [-0.4, -0.2) is 36.1 Å². The average Bonchev–Trinajstić information content (AvgIpc) is 2.40. The first kappa shape index (κ1) is 15.9.